The molecule has 0 aliphatic heterocycles. The van der Waals surface area contributed by atoms with E-state index in [9.17, 15) is 4.79 Å². The number of carbonyl (C=O) groups is 1. The van der Waals surface area contributed by atoms with Gasteiger partial charge in [0, 0.05) is 6.54 Å². The van der Waals surface area contributed by atoms with Crippen LogP contribution in [0.4, 0.5) is 0 Å². The monoisotopic (exact) mass is 337 g/mol. The Hall–Kier alpha value is -1.09. The average molecular weight is 338 g/mol. The van der Waals surface area contributed by atoms with Crippen molar-refractivity contribution in [1.29, 1.82) is 0 Å². The molecule has 2 N–H and O–H groups in total. The zero-order chi connectivity index (χ0) is 17.7. The third-order valence-electron chi connectivity index (χ3n) is 4.07. The molecular formula is C21H39NO2. The van der Waals surface area contributed by atoms with Crippen molar-refractivity contribution in [2.75, 3.05) is 13.1 Å². The van der Waals surface area contributed by atoms with E-state index in [1.165, 1.54) is 64.2 Å². The van der Waals surface area contributed by atoms with Crippen molar-refractivity contribution in [1.82, 2.24) is 5.32 Å². The number of hydrogen-bond donors (Lipinski definition) is 2. The normalized spacial score (nSPS) is 11.7. The molecule has 0 bridgehead atoms. The van der Waals surface area contributed by atoms with Crippen LogP contribution in [0.1, 0.15) is 90.4 Å². The average Bonchev–Trinajstić information content (AvgIpc) is 2.56. The molecule has 0 saturated heterocycles. The molecule has 0 aromatic rings. The predicted octanol–water partition coefficient (Wildman–Crippen LogP) is 5.86. The molecule has 0 atom stereocenters. The quantitative estimate of drug-likeness (QED) is 0.243. The second-order valence-electron chi connectivity index (χ2n) is 6.48. The van der Waals surface area contributed by atoms with Gasteiger partial charge in [0.1, 0.15) is 0 Å². The Kier molecular flexibility index (Phi) is 19.0. The SMILES string of the molecule is CCCCC/C=C\C/C=C\CCCCCCCCNCCC(=O)O. The largest absolute Gasteiger partial charge is 0.481 e. The van der Waals surface area contributed by atoms with Crippen LogP contribution in [0.5, 0.6) is 0 Å². The molecule has 3 heteroatoms. The van der Waals surface area contributed by atoms with Gasteiger partial charge < -0.3 is 10.4 Å². The minimum Gasteiger partial charge on any atom is -0.481 e. The molecule has 0 radical (unpaired) electrons. The second kappa shape index (κ2) is 20.0. The number of unbranched alkanes of at least 4 members (excludes halogenated alkanes) is 9. The maximum absolute atomic E-state index is 10.3. The van der Waals surface area contributed by atoms with E-state index in [1.807, 2.05) is 0 Å². The maximum Gasteiger partial charge on any atom is 0.304 e. The first-order valence-corrected chi connectivity index (χ1v) is 10.00. The highest BCUT2D eigenvalue weighted by atomic mass is 16.4. The molecule has 24 heavy (non-hydrogen) atoms. The minimum absolute atomic E-state index is 0.224. The summed E-state index contributed by atoms with van der Waals surface area (Å²) in [5.41, 5.74) is 0. The van der Waals surface area contributed by atoms with E-state index in [2.05, 4.69) is 36.5 Å². The summed E-state index contributed by atoms with van der Waals surface area (Å²) >= 11 is 0. The van der Waals surface area contributed by atoms with E-state index in [0.29, 0.717) is 6.54 Å². The van der Waals surface area contributed by atoms with Gasteiger partial charge in [0.05, 0.1) is 6.42 Å². The second-order valence-corrected chi connectivity index (χ2v) is 6.48. The first kappa shape index (κ1) is 22.9. The van der Waals surface area contributed by atoms with Gasteiger partial charge in [-0.25, -0.2) is 0 Å². The van der Waals surface area contributed by atoms with Crippen LogP contribution in [-0.2, 0) is 4.79 Å². The molecule has 0 saturated carbocycles. The summed E-state index contributed by atoms with van der Waals surface area (Å²) < 4.78 is 0. The number of carboxylic acids is 1. The number of carboxylic acid groups (broad SMARTS) is 1. The molecule has 0 aromatic heterocycles. The number of aliphatic carboxylic acids is 1. The molecular weight excluding hydrogens is 298 g/mol. The standard InChI is InChI=1S/C21H39NO2/c1-2-3-4-5-6-7-8-9-10-11-12-13-14-15-16-17-19-22-20-18-21(23)24/h6-7,9-10,22H,2-5,8,11-20H2,1H3,(H,23,24)/b7-6-,10-9-. The van der Waals surface area contributed by atoms with E-state index in [0.717, 1.165) is 19.4 Å². The van der Waals surface area contributed by atoms with Crippen molar-refractivity contribution in [3.05, 3.63) is 24.3 Å². The van der Waals surface area contributed by atoms with Crippen LogP contribution in [0, 0.1) is 0 Å². The van der Waals surface area contributed by atoms with Gasteiger partial charge in [-0.05, 0) is 45.1 Å². The molecule has 0 heterocycles. The van der Waals surface area contributed by atoms with Crippen LogP contribution in [0.3, 0.4) is 0 Å². The lowest BCUT2D eigenvalue weighted by molar-refractivity contribution is -0.136. The number of hydrogen-bond acceptors (Lipinski definition) is 2. The zero-order valence-electron chi connectivity index (χ0n) is 15.8. The Morgan fingerprint density at radius 2 is 1.38 bits per heavy atom. The summed E-state index contributed by atoms with van der Waals surface area (Å²) in [7, 11) is 0. The van der Waals surface area contributed by atoms with Gasteiger partial charge in [-0.1, -0.05) is 69.8 Å². The molecule has 0 aliphatic carbocycles. The van der Waals surface area contributed by atoms with Crippen molar-refractivity contribution in [3.63, 3.8) is 0 Å². The van der Waals surface area contributed by atoms with E-state index in [-0.39, 0.29) is 6.42 Å². The summed E-state index contributed by atoms with van der Waals surface area (Å²) in [6, 6.07) is 0. The van der Waals surface area contributed by atoms with E-state index >= 15 is 0 Å². The Labute approximate surface area is 149 Å². The van der Waals surface area contributed by atoms with Gasteiger partial charge in [0.15, 0.2) is 0 Å². The van der Waals surface area contributed by atoms with Crippen LogP contribution in [0.2, 0.25) is 0 Å². The van der Waals surface area contributed by atoms with Crippen molar-refractivity contribution >= 4 is 5.97 Å². The smallest absolute Gasteiger partial charge is 0.304 e. The zero-order valence-corrected chi connectivity index (χ0v) is 15.8. The lowest BCUT2D eigenvalue weighted by atomic mass is 10.1. The third kappa shape index (κ3) is 20.9. The molecule has 0 unspecified atom stereocenters. The van der Waals surface area contributed by atoms with Crippen molar-refractivity contribution in [2.45, 2.75) is 90.4 Å². The predicted molar refractivity (Wildman–Crippen MR) is 104 cm³/mol. The summed E-state index contributed by atoms with van der Waals surface area (Å²) in [4.78, 5) is 10.3. The van der Waals surface area contributed by atoms with E-state index in [1.54, 1.807) is 0 Å². The molecule has 140 valence electrons. The third-order valence-corrected chi connectivity index (χ3v) is 4.07. The van der Waals surface area contributed by atoms with Crippen LogP contribution in [-0.4, -0.2) is 24.2 Å². The Bertz CT molecular complexity index is 324. The molecule has 0 rings (SSSR count). The van der Waals surface area contributed by atoms with Crippen molar-refractivity contribution in [3.8, 4) is 0 Å². The number of allylic oxidation sites excluding steroid dienone is 4. The van der Waals surface area contributed by atoms with Gasteiger partial charge in [0.25, 0.3) is 0 Å². The van der Waals surface area contributed by atoms with Crippen LogP contribution in [0.15, 0.2) is 24.3 Å². The summed E-state index contributed by atoms with van der Waals surface area (Å²) in [6.07, 6.45) is 24.6. The Morgan fingerprint density at radius 3 is 2.00 bits per heavy atom. The fourth-order valence-corrected chi connectivity index (χ4v) is 2.56. The topological polar surface area (TPSA) is 49.3 Å². The van der Waals surface area contributed by atoms with E-state index in [4.69, 9.17) is 5.11 Å². The lowest BCUT2D eigenvalue weighted by Crippen LogP contribution is -2.19. The lowest BCUT2D eigenvalue weighted by Gasteiger charge is -2.03. The molecule has 0 fully saturated rings. The molecule has 0 spiro atoms. The first-order chi connectivity index (χ1) is 11.8. The fraction of sp³-hybridized carbons (Fsp3) is 0.762. The maximum atomic E-state index is 10.3. The molecule has 0 aromatic carbocycles. The highest BCUT2D eigenvalue weighted by Gasteiger charge is 1.95. The van der Waals surface area contributed by atoms with Crippen molar-refractivity contribution < 1.29 is 9.90 Å². The van der Waals surface area contributed by atoms with Gasteiger partial charge in [-0.15, -0.1) is 0 Å². The minimum atomic E-state index is -0.723. The number of nitrogens with one attached hydrogen (secondary N) is 1. The van der Waals surface area contributed by atoms with Crippen LogP contribution in [0.25, 0.3) is 0 Å². The molecule has 0 aliphatic rings. The summed E-state index contributed by atoms with van der Waals surface area (Å²) in [5.74, 6) is -0.723. The fourth-order valence-electron chi connectivity index (χ4n) is 2.56. The molecule has 0 amide bonds. The van der Waals surface area contributed by atoms with Crippen LogP contribution >= 0.6 is 0 Å². The Balaban J connectivity index is 3.14. The highest BCUT2D eigenvalue weighted by molar-refractivity contribution is 5.66. The highest BCUT2D eigenvalue weighted by Crippen LogP contribution is 2.07. The van der Waals surface area contributed by atoms with Crippen molar-refractivity contribution in [2.24, 2.45) is 0 Å². The molecule has 3 nitrogen and oxygen atoms in total. The van der Waals surface area contributed by atoms with Crippen LogP contribution < -0.4 is 5.32 Å². The van der Waals surface area contributed by atoms with Gasteiger partial charge in [-0.2, -0.15) is 0 Å². The number of rotatable bonds is 18. The van der Waals surface area contributed by atoms with Gasteiger partial charge in [-0.3, -0.25) is 4.79 Å². The van der Waals surface area contributed by atoms with E-state index < -0.39 is 5.97 Å². The summed E-state index contributed by atoms with van der Waals surface area (Å²) in [6.45, 7) is 3.78. The van der Waals surface area contributed by atoms with Gasteiger partial charge >= 0.3 is 5.97 Å². The first-order valence-electron chi connectivity index (χ1n) is 10.00. The Morgan fingerprint density at radius 1 is 0.792 bits per heavy atom. The van der Waals surface area contributed by atoms with Gasteiger partial charge in [0.2, 0.25) is 0 Å². The summed E-state index contributed by atoms with van der Waals surface area (Å²) in [5, 5.41) is 11.7.